The van der Waals surface area contributed by atoms with Crippen molar-refractivity contribution in [2.45, 2.75) is 68.2 Å². The molecule has 1 aliphatic carbocycles. The van der Waals surface area contributed by atoms with Crippen molar-refractivity contribution in [1.82, 2.24) is 5.32 Å². The Hall–Kier alpha value is -4.24. The summed E-state index contributed by atoms with van der Waals surface area (Å²) in [6.07, 6.45) is 8.48. The average Bonchev–Trinajstić information content (AvgIpc) is 3.25. The monoisotopic (exact) mass is 561 g/mol. The quantitative estimate of drug-likeness (QED) is 0.227. The fraction of sp³-hybridized carbons (Fsp3) is 0.282. The first-order valence-electron chi connectivity index (χ1n) is 14.7. The van der Waals surface area contributed by atoms with Crippen molar-refractivity contribution < 1.29 is 0 Å². The lowest BCUT2D eigenvalue weighted by atomic mass is 9.97. The second-order valence-corrected chi connectivity index (χ2v) is 11.8. The highest BCUT2D eigenvalue weighted by Crippen LogP contribution is 2.27. The number of para-hydroxylation sites is 1. The topological polar surface area (TPSA) is 36.1 Å². The highest BCUT2D eigenvalue weighted by molar-refractivity contribution is 5.54. The van der Waals surface area contributed by atoms with Crippen molar-refractivity contribution in [2.24, 2.45) is 5.41 Å². The summed E-state index contributed by atoms with van der Waals surface area (Å²) in [6, 6.07) is 23.1. The van der Waals surface area contributed by atoms with Gasteiger partial charge in [-0.25, -0.2) is 0 Å². The Kier molecular flexibility index (Phi) is 13.2. The number of hydrogen-bond donors (Lipinski definition) is 3. The summed E-state index contributed by atoms with van der Waals surface area (Å²) >= 11 is 0. The number of hydrogen-bond acceptors (Lipinski definition) is 3. The molecule has 0 heterocycles. The highest BCUT2D eigenvalue weighted by atomic mass is 15.1. The maximum atomic E-state index is 4.01. The summed E-state index contributed by atoms with van der Waals surface area (Å²) in [5, 5.41) is 9.81. The highest BCUT2D eigenvalue weighted by Gasteiger charge is 2.16. The summed E-state index contributed by atoms with van der Waals surface area (Å²) in [5.74, 6) is 0.790. The molecule has 0 unspecified atom stereocenters. The molecule has 4 rings (SSSR count). The number of aryl methyl sites for hydroxylation is 4. The third kappa shape index (κ3) is 12.5. The third-order valence-corrected chi connectivity index (χ3v) is 6.60. The van der Waals surface area contributed by atoms with Crippen LogP contribution in [0.15, 0.2) is 127 Å². The van der Waals surface area contributed by atoms with E-state index in [0.29, 0.717) is 0 Å². The van der Waals surface area contributed by atoms with Crippen molar-refractivity contribution >= 4 is 11.4 Å². The van der Waals surface area contributed by atoms with Crippen LogP contribution in [0.3, 0.4) is 0 Å². The number of benzene rings is 3. The van der Waals surface area contributed by atoms with E-state index >= 15 is 0 Å². The van der Waals surface area contributed by atoms with Gasteiger partial charge in [-0.3, -0.25) is 0 Å². The Balaban J connectivity index is 0.000000235. The number of nitrogens with one attached hydrogen (secondary N) is 3. The second-order valence-electron chi connectivity index (χ2n) is 11.8. The van der Waals surface area contributed by atoms with E-state index in [9.17, 15) is 0 Å². The molecule has 0 aromatic heterocycles. The Bertz CT molecular complexity index is 1400. The molecule has 0 spiro atoms. The summed E-state index contributed by atoms with van der Waals surface area (Å²) in [6.45, 7) is 28.7. The SMILES string of the molecule is C=C(C)Cc1cc(NC(=C)C)ccc1CC.C=C(NC1=CC(C)(C)C=C1)Nc1ccccc1C.Cc1ccc(C)cc1. The van der Waals surface area contributed by atoms with Crippen LogP contribution in [0.2, 0.25) is 0 Å². The van der Waals surface area contributed by atoms with Crippen LogP contribution < -0.4 is 16.0 Å². The van der Waals surface area contributed by atoms with Crippen LogP contribution in [-0.2, 0) is 12.8 Å². The fourth-order valence-corrected chi connectivity index (χ4v) is 4.38. The van der Waals surface area contributed by atoms with Crippen LogP contribution >= 0.6 is 0 Å². The molecule has 0 bridgehead atoms. The smallest absolute Gasteiger partial charge is 0.100 e. The number of rotatable bonds is 9. The summed E-state index contributed by atoms with van der Waals surface area (Å²) in [7, 11) is 0. The van der Waals surface area contributed by atoms with Crippen molar-refractivity contribution in [3.63, 3.8) is 0 Å². The van der Waals surface area contributed by atoms with Gasteiger partial charge in [-0.1, -0.05) is 118 Å². The molecule has 3 heteroatoms. The van der Waals surface area contributed by atoms with E-state index in [2.05, 4.69) is 151 Å². The molecule has 0 aliphatic heterocycles. The minimum atomic E-state index is 0.130. The Labute approximate surface area is 255 Å². The van der Waals surface area contributed by atoms with Crippen LogP contribution in [0.5, 0.6) is 0 Å². The van der Waals surface area contributed by atoms with Gasteiger partial charge in [0.2, 0.25) is 0 Å². The molecular formula is C39H51N3. The van der Waals surface area contributed by atoms with Gasteiger partial charge in [0.15, 0.2) is 0 Å². The minimum Gasteiger partial charge on any atom is -0.360 e. The van der Waals surface area contributed by atoms with Crippen LogP contribution in [-0.4, -0.2) is 0 Å². The molecule has 0 saturated carbocycles. The van der Waals surface area contributed by atoms with E-state index in [-0.39, 0.29) is 5.41 Å². The van der Waals surface area contributed by atoms with Crippen molar-refractivity contribution in [2.75, 3.05) is 10.6 Å². The van der Waals surface area contributed by atoms with Gasteiger partial charge in [-0.15, -0.1) is 0 Å². The van der Waals surface area contributed by atoms with E-state index < -0.39 is 0 Å². The van der Waals surface area contributed by atoms with E-state index in [4.69, 9.17) is 0 Å². The maximum absolute atomic E-state index is 4.01. The minimum absolute atomic E-state index is 0.130. The van der Waals surface area contributed by atoms with Crippen molar-refractivity contribution in [3.05, 3.63) is 155 Å². The van der Waals surface area contributed by atoms with Gasteiger partial charge in [0, 0.05) is 28.2 Å². The Morgan fingerprint density at radius 2 is 1.38 bits per heavy atom. The Morgan fingerprint density at radius 3 is 1.88 bits per heavy atom. The molecule has 0 radical (unpaired) electrons. The molecule has 3 aromatic rings. The van der Waals surface area contributed by atoms with Crippen LogP contribution in [0.25, 0.3) is 0 Å². The predicted molar refractivity (Wildman–Crippen MR) is 187 cm³/mol. The van der Waals surface area contributed by atoms with E-state index in [1.165, 1.54) is 33.4 Å². The van der Waals surface area contributed by atoms with Crippen LogP contribution in [0, 0.1) is 26.2 Å². The zero-order chi connectivity index (χ0) is 31.3. The second kappa shape index (κ2) is 16.3. The Morgan fingerprint density at radius 1 is 0.762 bits per heavy atom. The van der Waals surface area contributed by atoms with E-state index in [1.54, 1.807) is 0 Å². The summed E-state index contributed by atoms with van der Waals surface area (Å²) in [5.41, 5.74) is 12.2. The van der Waals surface area contributed by atoms with Crippen LogP contribution in [0.4, 0.5) is 11.4 Å². The first-order valence-corrected chi connectivity index (χ1v) is 14.7. The summed E-state index contributed by atoms with van der Waals surface area (Å²) < 4.78 is 0. The van der Waals surface area contributed by atoms with Gasteiger partial charge in [0.05, 0.1) is 0 Å². The molecule has 0 saturated heterocycles. The molecule has 42 heavy (non-hydrogen) atoms. The lowest BCUT2D eigenvalue weighted by Crippen LogP contribution is -2.17. The molecule has 3 N–H and O–H groups in total. The number of anilines is 2. The van der Waals surface area contributed by atoms with Gasteiger partial charge < -0.3 is 16.0 Å². The molecule has 222 valence electrons. The molecule has 1 aliphatic rings. The van der Waals surface area contributed by atoms with Crippen molar-refractivity contribution in [1.29, 1.82) is 0 Å². The predicted octanol–water partition coefficient (Wildman–Crippen LogP) is 10.6. The molecule has 0 fully saturated rings. The third-order valence-electron chi connectivity index (χ3n) is 6.60. The average molecular weight is 562 g/mol. The molecular weight excluding hydrogens is 510 g/mol. The van der Waals surface area contributed by atoms with Crippen molar-refractivity contribution in [3.8, 4) is 0 Å². The summed E-state index contributed by atoms with van der Waals surface area (Å²) in [4.78, 5) is 0. The molecule has 3 aromatic carbocycles. The van der Waals surface area contributed by atoms with Gasteiger partial charge >= 0.3 is 0 Å². The molecule has 3 nitrogen and oxygen atoms in total. The fourth-order valence-electron chi connectivity index (χ4n) is 4.38. The first kappa shape index (κ1) is 34.0. The normalized spacial score (nSPS) is 12.5. The largest absolute Gasteiger partial charge is 0.360 e. The van der Waals surface area contributed by atoms with Gasteiger partial charge in [0.1, 0.15) is 5.82 Å². The van der Waals surface area contributed by atoms with Gasteiger partial charge in [-0.05, 0) is 88.4 Å². The zero-order valence-corrected chi connectivity index (χ0v) is 27.1. The molecule has 0 amide bonds. The van der Waals surface area contributed by atoms with E-state index in [1.807, 2.05) is 25.1 Å². The van der Waals surface area contributed by atoms with Crippen LogP contribution in [0.1, 0.15) is 62.4 Å². The number of allylic oxidation sites excluding steroid dienone is 5. The molecule has 0 atom stereocenters. The maximum Gasteiger partial charge on any atom is 0.100 e. The standard InChI is InChI=1S/C16H20N2.C15H21N.C8H10/c1-12-7-5-6-8-15(12)18-13(2)17-14-9-10-16(3,4)11-14;1-6-13-7-8-15(16-12(4)5)10-14(13)9-11(2)3;1-7-3-5-8(2)6-4-7/h5-11,17-18H,2H2,1,3-4H3;7-8,10,16H,2,4,6,9H2,1,3,5H3;3-6H,1-2H3. The van der Waals surface area contributed by atoms with Gasteiger partial charge in [-0.2, -0.15) is 0 Å². The first-order chi connectivity index (χ1) is 19.8. The zero-order valence-electron chi connectivity index (χ0n) is 27.1. The lowest BCUT2D eigenvalue weighted by Gasteiger charge is -2.14. The van der Waals surface area contributed by atoms with E-state index in [0.717, 1.165) is 41.4 Å². The lowest BCUT2D eigenvalue weighted by molar-refractivity contribution is 0.633. The van der Waals surface area contributed by atoms with Gasteiger partial charge in [0.25, 0.3) is 0 Å².